The number of nitrogens with zero attached hydrogens (tertiary/aromatic N) is 2. The van der Waals surface area contributed by atoms with E-state index < -0.39 is 6.04 Å². The summed E-state index contributed by atoms with van der Waals surface area (Å²) in [5.74, 6) is -0.0616. The predicted octanol–water partition coefficient (Wildman–Crippen LogP) is 2.89. The molecule has 0 bridgehead atoms. The summed E-state index contributed by atoms with van der Waals surface area (Å²) in [4.78, 5) is 42.6. The molecule has 6 heteroatoms. The van der Waals surface area contributed by atoms with Gasteiger partial charge in [-0.2, -0.15) is 0 Å². The molecule has 1 atom stereocenters. The molecule has 2 heterocycles. The molecule has 0 aromatic heterocycles. The third-order valence-corrected chi connectivity index (χ3v) is 6.57. The van der Waals surface area contributed by atoms with Gasteiger partial charge in [0.15, 0.2) is 0 Å². The molecule has 0 radical (unpaired) electrons. The lowest BCUT2D eigenvalue weighted by Gasteiger charge is -2.37. The van der Waals surface area contributed by atoms with E-state index in [-0.39, 0.29) is 23.6 Å². The van der Waals surface area contributed by atoms with E-state index in [0.717, 1.165) is 31.5 Å². The third-order valence-electron chi connectivity index (χ3n) is 6.57. The Bertz CT molecular complexity index is 918. The Morgan fingerprint density at radius 1 is 0.812 bits per heavy atom. The van der Waals surface area contributed by atoms with Crippen LogP contribution in [0.5, 0.6) is 0 Å². The zero-order chi connectivity index (χ0) is 22.3. The van der Waals surface area contributed by atoms with Gasteiger partial charge in [0.25, 0.3) is 5.91 Å². The number of likely N-dealkylation sites (tertiary alicyclic amines) is 2. The summed E-state index contributed by atoms with van der Waals surface area (Å²) in [5, 5.41) is 3.03. The summed E-state index contributed by atoms with van der Waals surface area (Å²) < 4.78 is 0. The van der Waals surface area contributed by atoms with Crippen molar-refractivity contribution in [2.45, 2.75) is 38.1 Å². The molecule has 0 saturated carbocycles. The number of carbonyl (C=O) groups excluding carboxylic acids is 3. The van der Waals surface area contributed by atoms with Crippen LogP contribution >= 0.6 is 0 Å². The van der Waals surface area contributed by atoms with E-state index in [1.165, 1.54) is 0 Å². The van der Waals surface area contributed by atoms with E-state index in [0.29, 0.717) is 37.9 Å². The molecule has 1 N–H and O–H groups in total. The number of carbonyl (C=O) groups is 3. The fraction of sp³-hybridized carbons (Fsp3) is 0.423. The second kappa shape index (κ2) is 10.4. The number of piperidine rings is 1. The van der Waals surface area contributed by atoms with Gasteiger partial charge in [-0.1, -0.05) is 48.5 Å². The van der Waals surface area contributed by atoms with Gasteiger partial charge in [0.05, 0.1) is 6.42 Å². The molecule has 2 aliphatic heterocycles. The summed E-state index contributed by atoms with van der Waals surface area (Å²) in [6.45, 7) is 2.73. The quantitative estimate of drug-likeness (QED) is 0.762. The van der Waals surface area contributed by atoms with Gasteiger partial charge >= 0.3 is 0 Å². The normalized spacial score (nSPS) is 17.8. The fourth-order valence-corrected chi connectivity index (χ4v) is 4.69. The largest absolute Gasteiger partial charge is 0.342 e. The summed E-state index contributed by atoms with van der Waals surface area (Å²) in [7, 11) is 0. The maximum absolute atomic E-state index is 13.3. The minimum Gasteiger partial charge on any atom is -0.342 e. The first-order valence-corrected chi connectivity index (χ1v) is 11.6. The van der Waals surface area contributed by atoms with Crippen LogP contribution in [0.25, 0.3) is 0 Å². The monoisotopic (exact) mass is 433 g/mol. The number of benzene rings is 2. The predicted molar refractivity (Wildman–Crippen MR) is 123 cm³/mol. The summed E-state index contributed by atoms with van der Waals surface area (Å²) in [5.41, 5.74) is 1.57. The van der Waals surface area contributed by atoms with E-state index in [1.807, 2.05) is 58.3 Å². The Morgan fingerprint density at radius 2 is 1.41 bits per heavy atom. The molecule has 0 aliphatic carbocycles. The van der Waals surface area contributed by atoms with E-state index in [1.54, 1.807) is 12.1 Å². The van der Waals surface area contributed by atoms with Crippen LogP contribution in [0.2, 0.25) is 0 Å². The molecule has 0 spiro atoms. The van der Waals surface area contributed by atoms with Gasteiger partial charge in [-0.3, -0.25) is 14.4 Å². The van der Waals surface area contributed by atoms with Gasteiger partial charge in [0, 0.05) is 31.7 Å². The molecule has 2 aliphatic rings. The minimum absolute atomic E-state index is 0.0147. The second-order valence-electron chi connectivity index (χ2n) is 8.73. The van der Waals surface area contributed by atoms with Crippen molar-refractivity contribution in [3.8, 4) is 0 Å². The van der Waals surface area contributed by atoms with Crippen LogP contribution in [0.3, 0.4) is 0 Å². The highest BCUT2D eigenvalue weighted by Gasteiger charge is 2.36. The molecule has 2 fully saturated rings. The summed E-state index contributed by atoms with van der Waals surface area (Å²) in [6, 6.07) is 18.3. The molecule has 3 amide bonds. The molecule has 4 rings (SSSR count). The maximum atomic E-state index is 13.3. The highest BCUT2D eigenvalue weighted by atomic mass is 16.2. The molecular weight excluding hydrogens is 402 g/mol. The molecule has 2 aromatic carbocycles. The Labute approximate surface area is 189 Å². The summed E-state index contributed by atoms with van der Waals surface area (Å²) >= 11 is 0. The van der Waals surface area contributed by atoms with Gasteiger partial charge in [-0.15, -0.1) is 0 Å². The zero-order valence-corrected chi connectivity index (χ0v) is 18.4. The smallest absolute Gasteiger partial charge is 0.251 e. The van der Waals surface area contributed by atoms with Crippen LogP contribution in [0, 0.1) is 5.92 Å². The molecule has 2 saturated heterocycles. The van der Waals surface area contributed by atoms with Gasteiger partial charge in [-0.25, -0.2) is 0 Å². The Balaban J connectivity index is 1.40. The van der Waals surface area contributed by atoms with Crippen LogP contribution < -0.4 is 5.32 Å². The van der Waals surface area contributed by atoms with Crippen molar-refractivity contribution in [3.63, 3.8) is 0 Å². The lowest BCUT2D eigenvalue weighted by molar-refractivity contribution is -0.135. The Hall–Kier alpha value is -3.15. The van der Waals surface area contributed by atoms with Crippen LogP contribution in [-0.4, -0.2) is 59.7 Å². The lowest BCUT2D eigenvalue weighted by Crippen LogP contribution is -2.54. The van der Waals surface area contributed by atoms with E-state index in [4.69, 9.17) is 0 Å². The standard InChI is InChI=1S/C26H31N3O3/c30-23(19-20-9-3-1-4-10-20)28-17-13-21(14-18-28)24(26(32)29-15-7-8-16-29)27-25(31)22-11-5-2-6-12-22/h1-6,9-12,21,24H,7-8,13-19H2,(H,27,31)/t24-/m1/s1. The van der Waals surface area contributed by atoms with Gasteiger partial charge in [-0.05, 0) is 49.3 Å². The molecule has 32 heavy (non-hydrogen) atoms. The highest BCUT2D eigenvalue weighted by molar-refractivity contribution is 5.97. The number of amides is 3. The van der Waals surface area contributed by atoms with Gasteiger partial charge in [0.2, 0.25) is 11.8 Å². The topological polar surface area (TPSA) is 69.7 Å². The van der Waals surface area contributed by atoms with Crippen LogP contribution in [-0.2, 0) is 16.0 Å². The summed E-state index contributed by atoms with van der Waals surface area (Å²) in [6.07, 6.45) is 3.83. The number of rotatable bonds is 6. The molecule has 168 valence electrons. The highest BCUT2D eigenvalue weighted by Crippen LogP contribution is 2.24. The van der Waals surface area contributed by atoms with Crippen molar-refractivity contribution in [1.82, 2.24) is 15.1 Å². The van der Waals surface area contributed by atoms with Gasteiger partial charge in [0.1, 0.15) is 6.04 Å². The first-order chi connectivity index (χ1) is 15.6. The first-order valence-electron chi connectivity index (χ1n) is 11.6. The molecular formula is C26H31N3O3. The van der Waals surface area contributed by atoms with Crippen molar-refractivity contribution in [2.75, 3.05) is 26.2 Å². The van der Waals surface area contributed by atoms with Crippen molar-refractivity contribution < 1.29 is 14.4 Å². The lowest BCUT2D eigenvalue weighted by atomic mass is 9.88. The minimum atomic E-state index is -0.549. The molecule has 2 aromatic rings. The number of hydrogen-bond acceptors (Lipinski definition) is 3. The molecule has 0 unspecified atom stereocenters. The second-order valence-corrected chi connectivity index (χ2v) is 8.73. The third kappa shape index (κ3) is 5.36. The zero-order valence-electron chi connectivity index (χ0n) is 18.4. The van der Waals surface area contributed by atoms with Crippen molar-refractivity contribution in [1.29, 1.82) is 0 Å². The SMILES string of the molecule is O=C(N[C@@H](C(=O)N1CCCC1)C1CCN(C(=O)Cc2ccccc2)CC1)c1ccccc1. The van der Waals surface area contributed by atoms with E-state index in [9.17, 15) is 14.4 Å². The molecule has 6 nitrogen and oxygen atoms in total. The number of hydrogen-bond donors (Lipinski definition) is 1. The number of nitrogens with one attached hydrogen (secondary N) is 1. The van der Waals surface area contributed by atoms with Crippen molar-refractivity contribution >= 4 is 17.7 Å². The van der Waals surface area contributed by atoms with E-state index >= 15 is 0 Å². The van der Waals surface area contributed by atoms with Crippen LogP contribution in [0.1, 0.15) is 41.6 Å². The Kier molecular flexibility index (Phi) is 7.20. The Morgan fingerprint density at radius 3 is 2.03 bits per heavy atom. The first kappa shape index (κ1) is 22.1. The van der Waals surface area contributed by atoms with Crippen molar-refractivity contribution in [2.24, 2.45) is 5.92 Å². The average molecular weight is 434 g/mol. The van der Waals surface area contributed by atoms with Crippen molar-refractivity contribution in [3.05, 3.63) is 71.8 Å². The maximum Gasteiger partial charge on any atom is 0.251 e. The van der Waals surface area contributed by atoms with Gasteiger partial charge < -0.3 is 15.1 Å². The van der Waals surface area contributed by atoms with Crippen LogP contribution in [0.15, 0.2) is 60.7 Å². The van der Waals surface area contributed by atoms with Crippen LogP contribution in [0.4, 0.5) is 0 Å². The fourth-order valence-electron chi connectivity index (χ4n) is 4.69. The average Bonchev–Trinajstić information content (AvgIpc) is 3.38. The van der Waals surface area contributed by atoms with E-state index in [2.05, 4.69) is 5.32 Å².